The number of pyridine rings is 1. The Bertz CT molecular complexity index is 462. The first kappa shape index (κ1) is 15.2. The molecule has 0 amide bonds. The van der Waals surface area contributed by atoms with E-state index < -0.39 is 4.92 Å². The summed E-state index contributed by atoms with van der Waals surface area (Å²) >= 11 is 0. The minimum atomic E-state index is -0.451. The molecular formula is C12H20N4O3. The SMILES string of the molecule is COc1ccc([N+](=O)[O-])c(N(C)CC(C)(C)CN)n1. The van der Waals surface area contributed by atoms with E-state index in [2.05, 4.69) is 4.98 Å². The monoisotopic (exact) mass is 268 g/mol. The van der Waals surface area contributed by atoms with E-state index in [0.29, 0.717) is 19.0 Å². The van der Waals surface area contributed by atoms with E-state index in [4.69, 9.17) is 10.5 Å². The lowest BCUT2D eigenvalue weighted by Crippen LogP contribution is -2.37. The van der Waals surface area contributed by atoms with Gasteiger partial charge in [0, 0.05) is 25.7 Å². The average Bonchev–Trinajstić information content (AvgIpc) is 2.37. The molecule has 0 aromatic carbocycles. The van der Waals surface area contributed by atoms with Gasteiger partial charge in [-0.15, -0.1) is 0 Å². The molecule has 0 unspecified atom stereocenters. The van der Waals surface area contributed by atoms with Crippen molar-refractivity contribution in [3.05, 3.63) is 22.2 Å². The van der Waals surface area contributed by atoms with Gasteiger partial charge in [-0.05, 0) is 12.0 Å². The molecule has 7 heteroatoms. The van der Waals surface area contributed by atoms with Crippen LogP contribution in [0.2, 0.25) is 0 Å². The molecule has 1 rings (SSSR count). The molecule has 1 aromatic rings. The van der Waals surface area contributed by atoms with Crippen molar-refractivity contribution < 1.29 is 9.66 Å². The molecule has 0 aliphatic heterocycles. The number of methoxy groups -OCH3 is 1. The number of hydrogen-bond donors (Lipinski definition) is 1. The molecule has 106 valence electrons. The molecule has 1 aromatic heterocycles. The van der Waals surface area contributed by atoms with Crippen LogP contribution in [0.1, 0.15) is 13.8 Å². The largest absolute Gasteiger partial charge is 0.481 e. The van der Waals surface area contributed by atoms with Crippen molar-refractivity contribution in [2.75, 3.05) is 32.1 Å². The average molecular weight is 268 g/mol. The zero-order valence-electron chi connectivity index (χ0n) is 11.7. The van der Waals surface area contributed by atoms with Crippen LogP contribution in [0.3, 0.4) is 0 Å². The van der Waals surface area contributed by atoms with Gasteiger partial charge in [-0.1, -0.05) is 13.8 Å². The summed E-state index contributed by atoms with van der Waals surface area (Å²) in [5, 5.41) is 11.0. The Morgan fingerprint density at radius 2 is 2.16 bits per heavy atom. The molecule has 0 fully saturated rings. The van der Waals surface area contributed by atoms with Crippen LogP contribution in [0, 0.1) is 15.5 Å². The highest BCUT2D eigenvalue weighted by Gasteiger charge is 2.25. The second kappa shape index (κ2) is 5.83. The second-order valence-corrected chi connectivity index (χ2v) is 5.18. The van der Waals surface area contributed by atoms with Gasteiger partial charge in [0.1, 0.15) is 0 Å². The lowest BCUT2D eigenvalue weighted by atomic mass is 9.93. The molecule has 7 nitrogen and oxygen atoms in total. The highest BCUT2D eigenvalue weighted by molar-refractivity contribution is 5.58. The van der Waals surface area contributed by atoms with Crippen LogP contribution < -0.4 is 15.4 Å². The summed E-state index contributed by atoms with van der Waals surface area (Å²) in [4.78, 5) is 16.5. The van der Waals surface area contributed by atoms with Gasteiger partial charge in [0.15, 0.2) is 0 Å². The molecule has 1 heterocycles. The first-order chi connectivity index (χ1) is 8.80. The maximum Gasteiger partial charge on any atom is 0.311 e. The van der Waals surface area contributed by atoms with Gasteiger partial charge in [-0.2, -0.15) is 4.98 Å². The molecule has 0 saturated heterocycles. The molecule has 0 radical (unpaired) electrons. The van der Waals surface area contributed by atoms with Crippen LogP contribution in [-0.4, -0.2) is 37.2 Å². The second-order valence-electron chi connectivity index (χ2n) is 5.18. The fourth-order valence-corrected chi connectivity index (χ4v) is 1.74. The first-order valence-electron chi connectivity index (χ1n) is 5.91. The molecule has 0 spiro atoms. The standard InChI is InChI=1S/C12H20N4O3/c1-12(2,7-13)8-15(3)11-9(16(17)18)5-6-10(14-11)19-4/h5-6H,7-8,13H2,1-4H3. The zero-order valence-corrected chi connectivity index (χ0v) is 11.7. The van der Waals surface area contributed by atoms with Crippen LogP contribution in [0.4, 0.5) is 11.5 Å². The molecule has 0 atom stereocenters. The number of nitro groups is 1. The van der Waals surface area contributed by atoms with Crippen molar-refractivity contribution >= 4 is 11.5 Å². The van der Waals surface area contributed by atoms with Gasteiger partial charge in [0.25, 0.3) is 0 Å². The van der Waals surface area contributed by atoms with E-state index in [1.807, 2.05) is 13.8 Å². The minimum absolute atomic E-state index is 0.0453. The maximum absolute atomic E-state index is 11.0. The van der Waals surface area contributed by atoms with Crippen molar-refractivity contribution in [3.63, 3.8) is 0 Å². The van der Waals surface area contributed by atoms with E-state index in [0.717, 1.165) is 0 Å². The minimum Gasteiger partial charge on any atom is -0.481 e. The quantitative estimate of drug-likeness (QED) is 0.619. The fraction of sp³-hybridized carbons (Fsp3) is 0.583. The normalized spacial score (nSPS) is 11.2. The summed E-state index contributed by atoms with van der Waals surface area (Å²) in [6.45, 7) is 5.03. The van der Waals surface area contributed by atoms with Crippen LogP contribution in [0.5, 0.6) is 5.88 Å². The number of nitrogens with two attached hydrogens (primary N) is 1. The molecule has 2 N–H and O–H groups in total. The summed E-state index contributed by atoms with van der Waals surface area (Å²) in [5.74, 6) is 0.629. The van der Waals surface area contributed by atoms with Crippen LogP contribution in [0.15, 0.2) is 12.1 Å². The number of aromatic nitrogens is 1. The molecule has 0 saturated carbocycles. The topological polar surface area (TPSA) is 94.5 Å². The Hall–Kier alpha value is -1.89. The van der Waals surface area contributed by atoms with Crippen molar-refractivity contribution in [2.24, 2.45) is 11.1 Å². The van der Waals surface area contributed by atoms with Gasteiger partial charge >= 0.3 is 5.69 Å². The van der Waals surface area contributed by atoms with Crippen LogP contribution >= 0.6 is 0 Å². The van der Waals surface area contributed by atoms with Crippen molar-refractivity contribution in [1.82, 2.24) is 4.98 Å². The molecule has 19 heavy (non-hydrogen) atoms. The van der Waals surface area contributed by atoms with E-state index in [-0.39, 0.29) is 16.9 Å². The molecule has 0 bridgehead atoms. The summed E-state index contributed by atoms with van der Waals surface area (Å²) in [7, 11) is 3.23. The van der Waals surface area contributed by atoms with Crippen LogP contribution in [-0.2, 0) is 0 Å². The Morgan fingerprint density at radius 3 is 2.63 bits per heavy atom. The zero-order chi connectivity index (χ0) is 14.6. The third kappa shape index (κ3) is 3.78. The van der Waals surface area contributed by atoms with E-state index in [9.17, 15) is 10.1 Å². The van der Waals surface area contributed by atoms with Gasteiger partial charge in [-0.3, -0.25) is 10.1 Å². The Balaban J connectivity index is 3.12. The Morgan fingerprint density at radius 1 is 1.53 bits per heavy atom. The predicted octanol–water partition coefficient (Wildman–Crippen LogP) is 1.42. The highest BCUT2D eigenvalue weighted by Crippen LogP contribution is 2.29. The van der Waals surface area contributed by atoms with Crippen molar-refractivity contribution in [1.29, 1.82) is 0 Å². The third-order valence-electron chi connectivity index (χ3n) is 2.81. The van der Waals surface area contributed by atoms with Gasteiger partial charge < -0.3 is 15.4 Å². The van der Waals surface area contributed by atoms with Gasteiger partial charge in [0.05, 0.1) is 12.0 Å². The lowest BCUT2D eigenvalue weighted by Gasteiger charge is -2.29. The smallest absolute Gasteiger partial charge is 0.311 e. The number of anilines is 1. The predicted molar refractivity (Wildman–Crippen MR) is 73.5 cm³/mol. The summed E-state index contributed by atoms with van der Waals surface area (Å²) in [6.07, 6.45) is 0. The number of ether oxygens (including phenoxy) is 1. The van der Waals surface area contributed by atoms with Crippen LogP contribution in [0.25, 0.3) is 0 Å². The van der Waals surface area contributed by atoms with Crippen molar-refractivity contribution in [3.8, 4) is 5.88 Å². The van der Waals surface area contributed by atoms with E-state index in [1.54, 1.807) is 11.9 Å². The fourth-order valence-electron chi connectivity index (χ4n) is 1.74. The van der Waals surface area contributed by atoms with Crippen molar-refractivity contribution in [2.45, 2.75) is 13.8 Å². The number of rotatable bonds is 6. The maximum atomic E-state index is 11.0. The van der Waals surface area contributed by atoms with Gasteiger partial charge in [0.2, 0.25) is 11.7 Å². The highest BCUT2D eigenvalue weighted by atomic mass is 16.6. The van der Waals surface area contributed by atoms with E-state index in [1.165, 1.54) is 19.2 Å². The molecule has 0 aliphatic rings. The summed E-state index contributed by atoms with van der Waals surface area (Å²) in [6, 6.07) is 2.87. The molecule has 0 aliphatic carbocycles. The Kier molecular flexibility index (Phi) is 4.66. The number of hydrogen-bond acceptors (Lipinski definition) is 6. The van der Waals surface area contributed by atoms with Gasteiger partial charge in [-0.25, -0.2) is 0 Å². The lowest BCUT2D eigenvalue weighted by molar-refractivity contribution is -0.384. The number of nitrogens with zero attached hydrogens (tertiary/aromatic N) is 3. The molecular weight excluding hydrogens is 248 g/mol. The summed E-state index contributed by atoms with van der Waals surface area (Å²) < 4.78 is 5.01. The summed E-state index contributed by atoms with van der Waals surface area (Å²) in [5.41, 5.74) is 5.48. The third-order valence-corrected chi connectivity index (χ3v) is 2.81. The first-order valence-corrected chi connectivity index (χ1v) is 5.91. The Labute approximate surface area is 112 Å². The van der Waals surface area contributed by atoms with E-state index >= 15 is 0 Å².